The fraction of sp³-hybridized carbons (Fsp3) is 0.333. The van der Waals surface area contributed by atoms with Crippen LogP contribution in [0.2, 0.25) is 5.02 Å². The van der Waals surface area contributed by atoms with Crippen LogP contribution in [0.3, 0.4) is 0 Å². The van der Waals surface area contributed by atoms with Crippen LogP contribution in [-0.2, 0) is 11.4 Å². The predicted octanol–water partition coefficient (Wildman–Crippen LogP) is 1.62. The second-order valence-corrected chi connectivity index (χ2v) is 5.82. The van der Waals surface area contributed by atoms with Gasteiger partial charge in [-0.3, -0.25) is 4.79 Å². The van der Waals surface area contributed by atoms with Gasteiger partial charge in [0, 0.05) is 35.7 Å². The molecule has 0 saturated carbocycles. The number of hydrogen-bond acceptors (Lipinski definition) is 5. The highest BCUT2D eigenvalue weighted by Crippen LogP contribution is 2.30. The highest BCUT2D eigenvalue weighted by Gasteiger charge is 2.37. The molecule has 23 heavy (non-hydrogen) atoms. The van der Waals surface area contributed by atoms with Crippen molar-refractivity contribution in [1.82, 2.24) is 10.1 Å². The van der Waals surface area contributed by atoms with Crippen LogP contribution < -0.4 is 0 Å². The van der Waals surface area contributed by atoms with Crippen LogP contribution in [0.1, 0.15) is 29.0 Å². The molecule has 1 aromatic carbocycles. The van der Waals surface area contributed by atoms with E-state index in [1.807, 2.05) is 0 Å². The lowest BCUT2D eigenvalue weighted by atomic mass is 9.94. The van der Waals surface area contributed by atoms with Crippen molar-refractivity contribution in [2.75, 3.05) is 13.1 Å². The van der Waals surface area contributed by atoms with Crippen molar-refractivity contribution in [1.29, 1.82) is 0 Å². The van der Waals surface area contributed by atoms with Crippen LogP contribution in [0.5, 0.6) is 0 Å². The summed E-state index contributed by atoms with van der Waals surface area (Å²) in [7, 11) is 0. The van der Waals surface area contributed by atoms with Gasteiger partial charge in [-0.05, 0) is 12.1 Å². The molecule has 1 aromatic heterocycles. The van der Waals surface area contributed by atoms with E-state index in [-0.39, 0.29) is 23.1 Å². The molecule has 8 heteroatoms. The number of likely N-dealkylation sites (tertiary alicyclic amines) is 1. The zero-order valence-corrected chi connectivity index (χ0v) is 12.7. The topological polar surface area (TPSA) is 86.8 Å². The molecule has 0 bridgehead atoms. The third-order valence-electron chi connectivity index (χ3n) is 3.84. The van der Waals surface area contributed by atoms with Gasteiger partial charge < -0.3 is 19.6 Å². The van der Waals surface area contributed by atoms with E-state index in [0.29, 0.717) is 24.5 Å². The zero-order chi connectivity index (χ0) is 16.6. The minimum absolute atomic E-state index is 0.0229. The molecule has 2 aromatic rings. The molecule has 1 atom stereocenters. The Bertz CT molecular complexity index is 730. The summed E-state index contributed by atoms with van der Waals surface area (Å²) in [6.07, 6.45) is -1.57. The highest BCUT2D eigenvalue weighted by molar-refractivity contribution is 6.30. The number of amides is 1. The SMILES string of the molecule is O=C(C(O)c1ccc(Cl)cc1F)N1CC(c2cc(CO)on2)C1. The van der Waals surface area contributed by atoms with Gasteiger partial charge in [0.05, 0.1) is 5.69 Å². The fourth-order valence-corrected chi connectivity index (χ4v) is 2.63. The van der Waals surface area contributed by atoms with Crippen molar-refractivity contribution in [3.63, 3.8) is 0 Å². The molecule has 122 valence electrons. The lowest BCUT2D eigenvalue weighted by Crippen LogP contribution is -2.50. The summed E-state index contributed by atoms with van der Waals surface area (Å²) in [5.74, 6) is -0.967. The Balaban J connectivity index is 1.63. The second kappa shape index (κ2) is 6.27. The lowest BCUT2D eigenvalue weighted by Gasteiger charge is -2.39. The van der Waals surface area contributed by atoms with E-state index in [4.69, 9.17) is 21.2 Å². The first kappa shape index (κ1) is 15.9. The molecule has 1 amide bonds. The summed E-state index contributed by atoms with van der Waals surface area (Å²) >= 11 is 5.65. The molecule has 0 spiro atoms. The van der Waals surface area contributed by atoms with Gasteiger partial charge in [0.1, 0.15) is 12.4 Å². The van der Waals surface area contributed by atoms with Gasteiger partial charge in [-0.2, -0.15) is 0 Å². The van der Waals surface area contributed by atoms with Gasteiger partial charge in [-0.25, -0.2) is 4.39 Å². The molecule has 6 nitrogen and oxygen atoms in total. The average molecular weight is 341 g/mol. The van der Waals surface area contributed by atoms with Crippen molar-refractivity contribution in [3.05, 3.63) is 52.1 Å². The molecule has 1 fully saturated rings. The summed E-state index contributed by atoms with van der Waals surface area (Å²) in [5.41, 5.74) is 0.539. The van der Waals surface area contributed by atoms with Crippen molar-refractivity contribution in [3.8, 4) is 0 Å². The number of aromatic nitrogens is 1. The van der Waals surface area contributed by atoms with Crippen LogP contribution >= 0.6 is 11.6 Å². The number of carbonyl (C=O) groups is 1. The maximum Gasteiger partial charge on any atom is 0.256 e. The monoisotopic (exact) mass is 340 g/mol. The molecular formula is C15H14ClFN2O4. The number of aliphatic hydroxyl groups excluding tert-OH is 2. The minimum atomic E-state index is -1.57. The first-order chi connectivity index (χ1) is 11.0. The third kappa shape index (κ3) is 3.08. The normalized spacial score (nSPS) is 16.3. The Hall–Kier alpha value is -1.96. The molecule has 2 N–H and O–H groups in total. The van der Waals surface area contributed by atoms with Crippen LogP contribution in [0.4, 0.5) is 4.39 Å². The van der Waals surface area contributed by atoms with Gasteiger partial charge in [0.25, 0.3) is 5.91 Å². The van der Waals surface area contributed by atoms with Gasteiger partial charge in [-0.1, -0.05) is 22.8 Å². The van der Waals surface area contributed by atoms with Gasteiger partial charge in [0.15, 0.2) is 11.9 Å². The quantitative estimate of drug-likeness (QED) is 0.883. The smallest absolute Gasteiger partial charge is 0.256 e. The van der Waals surface area contributed by atoms with Gasteiger partial charge in [0.2, 0.25) is 0 Å². The maximum absolute atomic E-state index is 13.8. The van der Waals surface area contributed by atoms with Crippen molar-refractivity contribution in [2.45, 2.75) is 18.6 Å². The van der Waals surface area contributed by atoms with Crippen molar-refractivity contribution in [2.24, 2.45) is 0 Å². The van der Waals surface area contributed by atoms with Crippen LogP contribution in [0.25, 0.3) is 0 Å². The van der Waals surface area contributed by atoms with E-state index in [0.717, 1.165) is 6.07 Å². The summed E-state index contributed by atoms with van der Waals surface area (Å²) in [6.45, 7) is 0.460. The number of hydrogen-bond donors (Lipinski definition) is 2. The van der Waals surface area contributed by atoms with E-state index in [9.17, 15) is 14.3 Å². The highest BCUT2D eigenvalue weighted by atomic mass is 35.5. The first-order valence-corrected chi connectivity index (χ1v) is 7.35. The maximum atomic E-state index is 13.8. The first-order valence-electron chi connectivity index (χ1n) is 6.97. The summed E-state index contributed by atoms with van der Waals surface area (Å²) < 4.78 is 18.7. The largest absolute Gasteiger partial charge is 0.388 e. The zero-order valence-electron chi connectivity index (χ0n) is 11.9. The summed E-state index contributed by atoms with van der Waals surface area (Å²) in [6, 6.07) is 5.39. The van der Waals surface area contributed by atoms with E-state index in [1.54, 1.807) is 6.07 Å². The molecular weight excluding hydrogens is 327 g/mol. The Labute approximate surface area is 136 Å². The Morgan fingerprint density at radius 2 is 2.22 bits per heavy atom. The van der Waals surface area contributed by atoms with E-state index in [2.05, 4.69) is 5.16 Å². The molecule has 0 aliphatic carbocycles. The molecule has 1 aliphatic rings. The van der Waals surface area contributed by atoms with Crippen molar-refractivity contribution < 1.29 is 23.9 Å². The van der Waals surface area contributed by atoms with E-state index >= 15 is 0 Å². The molecule has 2 heterocycles. The van der Waals surface area contributed by atoms with Gasteiger partial charge >= 0.3 is 0 Å². The number of benzene rings is 1. The Kier molecular flexibility index (Phi) is 4.34. The van der Waals surface area contributed by atoms with E-state index in [1.165, 1.54) is 17.0 Å². The fourth-order valence-electron chi connectivity index (χ4n) is 2.47. The van der Waals surface area contributed by atoms with Gasteiger partial charge in [-0.15, -0.1) is 0 Å². The van der Waals surface area contributed by atoms with Crippen LogP contribution in [0.15, 0.2) is 28.8 Å². The summed E-state index contributed by atoms with van der Waals surface area (Å²) in [4.78, 5) is 13.6. The predicted molar refractivity (Wildman–Crippen MR) is 78.1 cm³/mol. The van der Waals surface area contributed by atoms with Crippen LogP contribution in [-0.4, -0.2) is 39.3 Å². The summed E-state index contributed by atoms with van der Waals surface area (Å²) in [5, 5.41) is 23.0. The lowest BCUT2D eigenvalue weighted by molar-refractivity contribution is -0.145. The molecule has 1 unspecified atom stereocenters. The number of nitrogens with zero attached hydrogens (tertiary/aromatic N) is 2. The Morgan fingerprint density at radius 1 is 1.48 bits per heavy atom. The molecule has 1 saturated heterocycles. The molecule has 3 rings (SSSR count). The number of carbonyl (C=O) groups excluding carboxylic acids is 1. The average Bonchev–Trinajstić information content (AvgIpc) is 2.93. The molecule has 0 radical (unpaired) electrons. The number of rotatable bonds is 4. The second-order valence-electron chi connectivity index (χ2n) is 5.38. The van der Waals surface area contributed by atoms with Crippen LogP contribution in [0, 0.1) is 5.82 Å². The Morgan fingerprint density at radius 3 is 2.83 bits per heavy atom. The number of halogens is 2. The molecule has 1 aliphatic heterocycles. The standard InChI is InChI=1S/C15H14ClFN2O4/c16-9-1-2-11(12(17)3-9)14(21)15(22)19-5-8(6-19)13-4-10(7-20)23-18-13/h1-4,8,14,20-21H,5-7H2. The van der Waals surface area contributed by atoms with Crippen molar-refractivity contribution >= 4 is 17.5 Å². The minimum Gasteiger partial charge on any atom is -0.388 e. The third-order valence-corrected chi connectivity index (χ3v) is 4.07. The van der Waals surface area contributed by atoms with E-state index < -0.39 is 17.8 Å². The number of aliphatic hydroxyl groups is 2.